The van der Waals surface area contributed by atoms with Crippen LogP contribution in [0.3, 0.4) is 0 Å². The third-order valence-electron chi connectivity index (χ3n) is 7.81. The van der Waals surface area contributed by atoms with Gasteiger partial charge in [-0.15, -0.1) is 11.3 Å². The molecule has 3 heterocycles. The average Bonchev–Trinajstić information content (AvgIpc) is 3.38. The second kappa shape index (κ2) is 11.3. The first-order chi connectivity index (χ1) is 19.5. The molecule has 1 aliphatic heterocycles. The molecule has 1 N–H and O–H groups in total. The van der Waals surface area contributed by atoms with Gasteiger partial charge < -0.3 is 14.6 Å². The zero-order valence-electron chi connectivity index (χ0n) is 22.9. The van der Waals surface area contributed by atoms with Crippen LogP contribution in [0.15, 0.2) is 83.7 Å². The van der Waals surface area contributed by atoms with E-state index in [1.807, 2.05) is 37.3 Å². The number of hydrogen-bond acceptors (Lipinski definition) is 5. The summed E-state index contributed by atoms with van der Waals surface area (Å²) in [7, 11) is 1.54. The summed E-state index contributed by atoms with van der Waals surface area (Å²) in [6.45, 7) is 5.27. The van der Waals surface area contributed by atoms with Crippen LogP contribution in [0.4, 0.5) is 0 Å². The number of aryl methyl sites for hydroxylation is 1. The molecular formula is C33H33N3O3S. The number of thiophene rings is 1. The molecule has 6 rings (SSSR count). The highest BCUT2D eigenvalue weighted by Gasteiger charge is 2.27. The molecule has 0 aliphatic carbocycles. The van der Waals surface area contributed by atoms with Gasteiger partial charge in [-0.2, -0.15) is 0 Å². The van der Waals surface area contributed by atoms with Crippen LogP contribution in [-0.2, 0) is 13.1 Å². The van der Waals surface area contributed by atoms with Crippen LogP contribution in [0.1, 0.15) is 39.2 Å². The summed E-state index contributed by atoms with van der Waals surface area (Å²) in [5.74, 6) is 0.195. The van der Waals surface area contributed by atoms with Crippen LogP contribution >= 0.6 is 11.3 Å². The Balaban J connectivity index is 1.28. The first-order valence-corrected chi connectivity index (χ1v) is 14.6. The summed E-state index contributed by atoms with van der Waals surface area (Å²) in [6, 6.07) is 26.7. The smallest absolute Gasteiger partial charge is 0.265 e. The molecule has 0 bridgehead atoms. The summed E-state index contributed by atoms with van der Waals surface area (Å²) in [6.07, 6.45) is 1.77. The van der Waals surface area contributed by atoms with Crippen molar-refractivity contribution in [2.75, 3.05) is 20.2 Å². The first kappa shape index (κ1) is 26.3. The molecule has 3 aromatic carbocycles. The van der Waals surface area contributed by atoms with E-state index >= 15 is 0 Å². The fourth-order valence-electron chi connectivity index (χ4n) is 5.65. The maximum Gasteiger partial charge on any atom is 0.265 e. The summed E-state index contributed by atoms with van der Waals surface area (Å²) < 4.78 is 8.36. The number of aromatic nitrogens is 1. The van der Waals surface area contributed by atoms with Crippen molar-refractivity contribution < 1.29 is 9.53 Å². The van der Waals surface area contributed by atoms with Crippen molar-refractivity contribution in [3.8, 4) is 5.75 Å². The Labute approximate surface area is 237 Å². The number of amides is 1. The minimum atomic E-state index is -0.173. The lowest BCUT2D eigenvalue weighted by molar-refractivity contribution is 0.0910. The highest BCUT2D eigenvalue weighted by molar-refractivity contribution is 7.22. The molecule has 0 radical (unpaired) electrons. The van der Waals surface area contributed by atoms with Crippen molar-refractivity contribution in [3.63, 3.8) is 0 Å². The molecule has 1 aliphatic rings. The molecule has 1 saturated heterocycles. The largest absolute Gasteiger partial charge is 0.494 e. The number of carbonyl (C=O) groups excluding carboxylic acids is 1. The van der Waals surface area contributed by atoms with Gasteiger partial charge >= 0.3 is 0 Å². The first-order valence-electron chi connectivity index (χ1n) is 13.8. The Morgan fingerprint density at radius 2 is 1.60 bits per heavy atom. The van der Waals surface area contributed by atoms with Crippen molar-refractivity contribution in [1.29, 1.82) is 0 Å². The summed E-state index contributed by atoms with van der Waals surface area (Å²) in [5.41, 5.74) is 4.23. The Morgan fingerprint density at radius 1 is 0.925 bits per heavy atom. The molecule has 1 amide bonds. The van der Waals surface area contributed by atoms with Crippen molar-refractivity contribution >= 4 is 38.2 Å². The fourth-order valence-corrected chi connectivity index (χ4v) is 6.85. The molecule has 2 aromatic heterocycles. The minimum Gasteiger partial charge on any atom is -0.494 e. The van der Waals surface area contributed by atoms with Gasteiger partial charge in [-0.05, 0) is 37.0 Å². The molecule has 5 aromatic rings. The third kappa shape index (κ3) is 5.15. The van der Waals surface area contributed by atoms with Gasteiger partial charge in [0, 0.05) is 31.1 Å². The number of nitrogens with one attached hydrogen (secondary N) is 1. The third-order valence-corrected chi connectivity index (χ3v) is 9.01. The normalized spacial score (nSPS) is 14.6. The minimum absolute atomic E-state index is 0.0874. The predicted octanol–water partition coefficient (Wildman–Crippen LogP) is 5.98. The molecule has 40 heavy (non-hydrogen) atoms. The van der Waals surface area contributed by atoms with Crippen LogP contribution < -0.4 is 15.6 Å². The average molecular weight is 552 g/mol. The van der Waals surface area contributed by atoms with Crippen LogP contribution in [0.25, 0.3) is 21.0 Å². The van der Waals surface area contributed by atoms with Crippen LogP contribution in [-0.4, -0.2) is 41.6 Å². The Morgan fingerprint density at radius 3 is 2.33 bits per heavy atom. The molecule has 6 nitrogen and oxygen atoms in total. The van der Waals surface area contributed by atoms with Gasteiger partial charge in [0.25, 0.3) is 11.5 Å². The van der Waals surface area contributed by atoms with Gasteiger partial charge in [-0.3, -0.25) is 14.5 Å². The van der Waals surface area contributed by atoms with Crippen molar-refractivity contribution in [1.82, 2.24) is 14.8 Å². The number of para-hydroxylation sites is 1. The van der Waals surface area contributed by atoms with Gasteiger partial charge in [0.1, 0.15) is 10.3 Å². The lowest BCUT2D eigenvalue weighted by Crippen LogP contribution is -2.44. The van der Waals surface area contributed by atoms with Crippen molar-refractivity contribution in [2.24, 2.45) is 0 Å². The summed E-state index contributed by atoms with van der Waals surface area (Å²) >= 11 is 1.35. The van der Waals surface area contributed by atoms with E-state index < -0.39 is 0 Å². The second-order valence-corrected chi connectivity index (χ2v) is 11.6. The van der Waals surface area contributed by atoms with Crippen LogP contribution in [0.5, 0.6) is 5.75 Å². The topological polar surface area (TPSA) is 63.6 Å². The molecule has 204 valence electrons. The van der Waals surface area contributed by atoms with Crippen molar-refractivity contribution in [2.45, 2.75) is 38.9 Å². The van der Waals surface area contributed by atoms with E-state index in [0.29, 0.717) is 22.6 Å². The monoisotopic (exact) mass is 551 g/mol. The van der Waals surface area contributed by atoms with E-state index in [0.717, 1.165) is 53.6 Å². The van der Waals surface area contributed by atoms with Gasteiger partial charge in [-0.1, -0.05) is 78.4 Å². The number of likely N-dealkylation sites (tertiary alicyclic amines) is 1. The number of methoxy groups -OCH3 is 1. The maximum absolute atomic E-state index is 14.0. The second-order valence-electron chi connectivity index (χ2n) is 10.6. The van der Waals surface area contributed by atoms with E-state index in [2.05, 4.69) is 58.7 Å². The standard InChI is InChI=1S/C33H33N3O3S/c1-22-12-14-24(15-13-22)21-36-27-11-7-6-10-26(27)30-28(33(36)38)29(39-2)31(40-30)32(37)34-25-16-18-35(19-17-25)20-23-8-4-3-5-9-23/h3-15,25H,16-21H2,1-2H3,(H,34,37). The predicted molar refractivity (Wildman–Crippen MR) is 163 cm³/mol. The number of benzene rings is 3. The van der Waals surface area contributed by atoms with E-state index in [9.17, 15) is 9.59 Å². The number of fused-ring (bicyclic) bond motifs is 3. The number of pyridine rings is 1. The SMILES string of the molecule is COc1c(C(=O)NC2CCN(Cc3ccccc3)CC2)sc2c1c(=O)n(Cc1ccc(C)cc1)c1ccccc21. The van der Waals surface area contributed by atoms with Gasteiger partial charge in [0.2, 0.25) is 0 Å². The molecule has 1 fully saturated rings. The van der Waals surface area contributed by atoms with E-state index in [4.69, 9.17) is 4.74 Å². The zero-order chi connectivity index (χ0) is 27.6. The number of hydrogen-bond donors (Lipinski definition) is 1. The Kier molecular flexibility index (Phi) is 7.41. The van der Waals surface area contributed by atoms with Crippen LogP contribution in [0, 0.1) is 6.92 Å². The van der Waals surface area contributed by atoms with E-state index in [-0.39, 0.29) is 17.5 Å². The number of carbonyl (C=O) groups is 1. The zero-order valence-corrected chi connectivity index (χ0v) is 23.7. The Hall–Kier alpha value is -3.94. The molecule has 0 spiro atoms. The molecular weight excluding hydrogens is 518 g/mol. The quantitative estimate of drug-likeness (QED) is 0.271. The molecule has 0 unspecified atom stereocenters. The number of rotatable bonds is 7. The number of ether oxygens (including phenoxy) is 1. The van der Waals surface area contributed by atoms with Crippen LogP contribution in [0.2, 0.25) is 0 Å². The molecule has 0 saturated carbocycles. The highest BCUT2D eigenvalue weighted by Crippen LogP contribution is 2.39. The molecule has 0 atom stereocenters. The Bertz CT molecular complexity index is 1720. The summed E-state index contributed by atoms with van der Waals surface area (Å²) in [4.78, 5) is 30.4. The number of piperidine rings is 1. The lowest BCUT2D eigenvalue weighted by Gasteiger charge is -2.32. The number of nitrogens with zero attached hydrogens (tertiary/aromatic N) is 2. The lowest BCUT2D eigenvalue weighted by atomic mass is 10.0. The van der Waals surface area contributed by atoms with E-state index in [1.54, 1.807) is 11.7 Å². The summed E-state index contributed by atoms with van der Waals surface area (Å²) in [5, 5.41) is 4.66. The van der Waals surface area contributed by atoms with Gasteiger partial charge in [0.05, 0.1) is 23.9 Å². The molecule has 7 heteroatoms. The highest BCUT2D eigenvalue weighted by atomic mass is 32.1. The van der Waals surface area contributed by atoms with Gasteiger partial charge in [0.15, 0.2) is 5.75 Å². The fraction of sp³-hybridized carbons (Fsp3) is 0.273. The van der Waals surface area contributed by atoms with E-state index in [1.165, 1.54) is 22.5 Å². The van der Waals surface area contributed by atoms with Gasteiger partial charge in [-0.25, -0.2) is 0 Å². The van der Waals surface area contributed by atoms with Crippen molar-refractivity contribution in [3.05, 3.63) is 111 Å². The maximum atomic E-state index is 14.0.